The van der Waals surface area contributed by atoms with Crippen LogP contribution in [0.1, 0.15) is 25.7 Å². The highest BCUT2D eigenvalue weighted by molar-refractivity contribution is 7.98. The largest absolute Gasteiger partial charge is 0.480 e. The monoisotopic (exact) mass is 296 g/mol. The lowest BCUT2D eigenvalue weighted by molar-refractivity contribution is -0.142. The number of rotatable bonds is 7. The number of hydrogen-bond donors (Lipinski definition) is 2. The normalized spacial score (nSPS) is 21.9. The van der Waals surface area contributed by atoms with E-state index in [0.717, 1.165) is 29.3 Å². The molecule has 8 heteroatoms. The lowest BCUT2D eigenvalue weighted by atomic mass is 10.1. The molecule has 0 spiro atoms. The van der Waals surface area contributed by atoms with Gasteiger partial charge in [-0.05, 0) is 37.7 Å². The van der Waals surface area contributed by atoms with Crippen LogP contribution >= 0.6 is 11.8 Å². The van der Waals surface area contributed by atoms with E-state index in [1.807, 2.05) is 6.26 Å². The molecule has 1 aliphatic rings. The highest BCUT2D eigenvalue weighted by Crippen LogP contribution is 2.19. The molecule has 0 aliphatic carbocycles. The van der Waals surface area contributed by atoms with Crippen molar-refractivity contribution in [2.45, 2.75) is 31.7 Å². The van der Waals surface area contributed by atoms with E-state index in [1.54, 1.807) is 11.8 Å². The number of hydrogen-bond acceptors (Lipinski definition) is 4. The number of carboxylic acids is 1. The summed E-state index contributed by atoms with van der Waals surface area (Å²) in [6.07, 6.45) is 4.57. The second-order valence-corrected chi connectivity index (χ2v) is 6.90. The van der Waals surface area contributed by atoms with Gasteiger partial charge in [-0.3, -0.25) is 4.79 Å². The first-order valence-corrected chi connectivity index (χ1v) is 8.80. The zero-order chi connectivity index (χ0) is 13.6. The van der Waals surface area contributed by atoms with Crippen LogP contribution in [0.3, 0.4) is 0 Å². The van der Waals surface area contributed by atoms with Gasteiger partial charge in [0.15, 0.2) is 0 Å². The van der Waals surface area contributed by atoms with Gasteiger partial charge in [0.25, 0.3) is 10.2 Å². The van der Waals surface area contributed by atoms with Crippen LogP contribution in [0.2, 0.25) is 0 Å². The van der Waals surface area contributed by atoms with Gasteiger partial charge in [0.2, 0.25) is 0 Å². The molecular formula is C10H20N2O4S2. The molecule has 1 unspecified atom stereocenters. The molecule has 0 aromatic heterocycles. The quantitative estimate of drug-likeness (QED) is 0.669. The summed E-state index contributed by atoms with van der Waals surface area (Å²) in [4.78, 5) is 11.1. The predicted molar refractivity (Wildman–Crippen MR) is 71.9 cm³/mol. The molecular weight excluding hydrogens is 276 g/mol. The first-order valence-electron chi connectivity index (χ1n) is 5.97. The van der Waals surface area contributed by atoms with Gasteiger partial charge in [-0.1, -0.05) is 0 Å². The summed E-state index contributed by atoms with van der Waals surface area (Å²) >= 11 is 1.65. The average molecular weight is 296 g/mol. The van der Waals surface area contributed by atoms with Crippen LogP contribution < -0.4 is 4.72 Å². The van der Waals surface area contributed by atoms with E-state index in [-0.39, 0.29) is 6.54 Å². The number of carboxylic acid groups (broad SMARTS) is 1. The van der Waals surface area contributed by atoms with E-state index in [9.17, 15) is 13.2 Å². The third-order valence-electron chi connectivity index (χ3n) is 2.86. The van der Waals surface area contributed by atoms with Crippen molar-refractivity contribution in [3.05, 3.63) is 0 Å². The van der Waals surface area contributed by atoms with E-state index < -0.39 is 22.2 Å². The SMILES string of the molecule is CSCCCNS(=O)(=O)N1CCCCC1C(=O)O. The second kappa shape index (κ2) is 7.32. The van der Waals surface area contributed by atoms with Crippen LogP contribution in [-0.2, 0) is 15.0 Å². The van der Waals surface area contributed by atoms with Crippen molar-refractivity contribution >= 4 is 27.9 Å². The number of thioether (sulfide) groups is 1. The maximum Gasteiger partial charge on any atom is 0.322 e. The van der Waals surface area contributed by atoms with Crippen molar-refractivity contribution < 1.29 is 18.3 Å². The number of piperidine rings is 1. The predicted octanol–water partition coefficient (Wildman–Crippen LogP) is 0.513. The average Bonchev–Trinajstić information content (AvgIpc) is 2.35. The Morgan fingerprint density at radius 1 is 1.50 bits per heavy atom. The maximum atomic E-state index is 12.0. The standard InChI is InChI=1S/C10H20N2O4S2/c1-17-8-4-6-11-18(15,16)12-7-3-2-5-9(12)10(13)14/h9,11H,2-8H2,1H3,(H,13,14). The van der Waals surface area contributed by atoms with Gasteiger partial charge < -0.3 is 5.11 Å². The Hall–Kier alpha value is -0.310. The van der Waals surface area contributed by atoms with E-state index in [1.165, 1.54) is 0 Å². The molecule has 1 fully saturated rings. The van der Waals surface area contributed by atoms with E-state index in [2.05, 4.69) is 4.72 Å². The number of nitrogens with one attached hydrogen (secondary N) is 1. The Morgan fingerprint density at radius 2 is 2.22 bits per heavy atom. The Labute approximate surface area is 112 Å². The lowest BCUT2D eigenvalue weighted by Crippen LogP contribution is -2.52. The smallest absolute Gasteiger partial charge is 0.322 e. The molecule has 18 heavy (non-hydrogen) atoms. The molecule has 1 atom stereocenters. The molecule has 1 aliphatic heterocycles. The first kappa shape index (κ1) is 15.7. The van der Waals surface area contributed by atoms with Crippen molar-refractivity contribution in [3.8, 4) is 0 Å². The zero-order valence-electron chi connectivity index (χ0n) is 10.5. The molecule has 106 valence electrons. The van der Waals surface area contributed by atoms with E-state index in [0.29, 0.717) is 13.0 Å². The summed E-state index contributed by atoms with van der Waals surface area (Å²) in [6.45, 7) is 0.640. The molecule has 0 aromatic rings. The van der Waals surface area contributed by atoms with Gasteiger partial charge in [-0.2, -0.15) is 24.5 Å². The summed E-state index contributed by atoms with van der Waals surface area (Å²) in [5, 5.41) is 9.04. The molecule has 1 heterocycles. The van der Waals surface area contributed by atoms with Crippen molar-refractivity contribution in [1.29, 1.82) is 0 Å². The van der Waals surface area contributed by atoms with E-state index in [4.69, 9.17) is 5.11 Å². The number of aliphatic carboxylic acids is 1. The maximum absolute atomic E-state index is 12.0. The molecule has 1 saturated heterocycles. The first-order chi connectivity index (χ1) is 8.49. The fraction of sp³-hybridized carbons (Fsp3) is 0.900. The second-order valence-electron chi connectivity index (χ2n) is 4.21. The lowest BCUT2D eigenvalue weighted by Gasteiger charge is -2.31. The molecule has 0 bridgehead atoms. The molecule has 0 amide bonds. The minimum Gasteiger partial charge on any atom is -0.480 e. The Balaban J connectivity index is 2.60. The van der Waals surface area contributed by atoms with Gasteiger partial charge in [0, 0.05) is 13.1 Å². The molecule has 0 radical (unpaired) electrons. The third-order valence-corrected chi connectivity index (χ3v) is 5.18. The van der Waals surface area contributed by atoms with E-state index >= 15 is 0 Å². The topological polar surface area (TPSA) is 86.7 Å². The fourth-order valence-corrected chi connectivity index (χ4v) is 3.84. The van der Waals surface area contributed by atoms with Gasteiger partial charge in [-0.25, -0.2) is 4.72 Å². The van der Waals surface area contributed by atoms with Crippen LogP contribution in [0, 0.1) is 0 Å². The van der Waals surface area contributed by atoms with Crippen LogP contribution in [0.15, 0.2) is 0 Å². The van der Waals surface area contributed by atoms with Crippen molar-refractivity contribution in [2.24, 2.45) is 0 Å². The summed E-state index contributed by atoms with van der Waals surface area (Å²) < 4.78 is 27.6. The van der Waals surface area contributed by atoms with Crippen LogP contribution in [0.25, 0.3) is 0 Å². The summed E-state index contributed by atoms with van der Waals surface area (Å²) in [6, 6.07) is -0.920. The minimum absolute atomic E-state index is 0.287. The van der Waals surface area contributed by atoms with Crippen LogP contribution in [0.5, 0.6) is 0 Å². The highest BCUT2D eigenvalue weighted by Gasteiger charge is 2.36. The molecule has 2 N–H and O–H groups in total. The van der Waals surface area contributed by atoms with Crippen molar-refractivity contribution in [3.63, 3.8) is 0 Å². The molecule has 6 nitrogen and oxygen atoms in total. The van der Waals surface area contributed by atoms with Gasteiger partial charge >= 0.3 is 5.97 Å². The van der Waals surface area contributed by atoms with Gasteiger partial charge in [0.1, 0.15) is 6.04 Å². The minimum atomic E-state index is -3.66. The number of nitrogens with zero attached hydrogens (tertiary/aromatic N) is 1. The molecule has 0 aromatic carbocycles. The summed E-state index contributed by atoms with van der Waals surface area (Å²) in [5.41, 5.74) is 0. The summed E-state index contributed by atoms with van der Waals surface area (Å²) in [7, 11) is -3.66. The number of carbonyl (C=O) groups is 1. The van der Waals surface area contributed by atoms with Crippen LogP contribution in [0.4, 0.5) is 0 Å². The Bertz CT molecular complexity index is 372. The Kier molecular flexibility index (Phi) is 6.40. The van der Waals surface area contributed by atoms with Gasteiger partial charge in [-0.15, -0.1) is 0 Å². The molecule has 0 saturated carbocycles. The Morgan fingerprint density at radius 3 is 2.83 bits per heavy atom. The van der Waals surface area contributed by atoms with Crippen molar-refractivity contribution in [1.82, 2.24) is 9.03 Å². The van der Waals surface area contributed by atoms with Gasteiger partial charge in [0.05, 0.1) is 0 Å². The van der Waals surface area contributed by atoms with Crippen LogP contribution in [-0.4, -0.2) is 54.9 Å². The summed E-state index contributed by atoms with van der Waals surface area (Å²) in [5.74, 6) is -0.186. The molecule has 1 rings (SSSR count). The third kappa shape index (κ3) is 4.42. The fourth-order valence-electron chi connectivity index (χ4n) is 1.94. The van der Waals surface area contributed by atoms with Crippen molar-refractivity contribution in [2.75, 3.05) is 25.1 Å². The zero-order valence-corrected chi connectivity index (χ0v) is 12.1. The highest BCUT2D eigenvalue weighted by atomic mass is 32.2.